The van der Waals surface area contributed by atoms with Gasteiger partial charge in [0, 0.05) is 6.04 Å². The Morgan fingerprint density at radius 2 is 2.16 bits per heavy atom. The molecule has 0 heterocycles. The van der Waals surface area contributed by atoms with Crippen LogP contribution in [0.2, 0.25) is 0 Å². The average molecular weight is 332 g/mol. The molecule has 0 aliphatic heterocycles. The number of carbonyl (C=O) groups is 1. The third kappa shape index (κ3) is 3.76. The minimum atomic E-state index is -1.000. The predicted molar refractivity (Wildman–Crippen MR) is 76.4 cm³/mol. The highest BCUT2D eigenvalue weighted by Crippen LogP contribution is 2.27. The van der Waals surface area contributed by atoms with Gasteiger partial charge in [0.15, 0.2) is 0 Å². The highest BCUT2D eigenvalue weighted by molar-refractivity contribution is 9.10. The molecule has 0 spiro atoms. The smallest absolute Gasteiger partial charge is 0.330 e. The quantitative estimate of drug-likeness (QED) is 0.841. The summed E-state index contributed by atoms with van der Waals surface area (Å²) in [6, 6.07) is 4.60. The van der Waals surface area contributed by atoms with Crippen LogP contribution in [0.4, 0.5) is 4.39 Å². The van der Waals surface area contributed by atoms with Gasteiger partial charge < -0.3 is 4.74 Å². The van der Waals surface area contributed by atoms with Crippen molar-refractivity contribution < 1.29 is 13.9 Å². The van der Waals surface area contributed by atoms with Crippen LogP contribution in [0.25, 0.3) is 0 Å². The number of rotatable bonds is 5. The van der Waals surface area contributed by atoms with Crippen LogP contribution in [0.3, 0.4) is 0 Å². The number of hydrogen-bond donors (Lipinski definition) is 1. The summed E-state index contributed by atoms with van der Waals surface area (Å²) in [5.74, 6) is -0.735. The maximum atomic E-state index is 13.3. The molecule has 106 valence electrons. The van der Waals surface area contributed by atoms with E-state index in [0.29, 0.717) is 16.6 Å². The molecule has 1 rings (SSSR count). The van der Waals surface area contributed by atoms with Crippen molar-refractivity contribution in [2.75, 3.05) is 6.61 Å². The molecule has 0 aliphatic rings. The Balaban J connectivity index is 3.21. The minimum Gasteiger partial charge on any atom is -0.464 e. The molecule has 1 aromatic carbocycles. The van der Waals surface area contributed by atoms with Gasteiger partial charge in [-0.2, -0.15) is 0 Å². The van der Waals surface area contributed by atoms with E-state index in [1.54, 1.807) is 26.0 Å². The summed E-state index contributed by atoms with van der Waals surface area (Å²) >= 11 is 3.14. The number of ether oxygens (including phenoxy) is 1. The largest absolute Gasteiger partial charge is 0.464 e. The normalized spacial score (nSPS) is 14.3. The molecule has 0 bridgehead atoms. The molecule has 0 saturated carbocycles. The molecule has 1 atom stereocenters. The molecule has 0 aromatic heterocycles. The van der Waals surface area contributed by atoms with Crippen LogP contribution in [0.1, 0.15) is 33.3 Å². The Kier molecular flexibility index (Phi) is 5.50. The number of benzene rings is 1. The Morgan fingerprint density at radius 3 is 2.63 bits per heavy atom. The fourth-order valence-electron chi connectivity index (χ4n) is 1.92. The van der Waals surface area contributed by atoms with Crippen LogP contribution in [-0.2, 0) is 15.1 Å². The van der Waals surface area contributed by atoms with E-state index >= 15 is 0 Å². The first kappa shape index (κ1) is 16.1. The Morgan fingerprint density at radius 1 is 1.53 bits per heavy atom. The second-order valence-electron chi connectivity index (χ2n) is 4.77. The highest BCUT2D eigenvalue weighted by Gasteiger charge is 2.37. The summed E-state index contributed by atoms with van der Waals surface area (Å²) in [4.78, 5) is 12.2. The summed E-state index contributed by atoms with van der Waals surface area (Å²) in [5.41, 5.74) is -0.339. The van der Waals surface area contributed by atoms with Crippen LogP contribution in [0.5, 0.6) is 0 Å². The molecule has 1 N–H and O–H groups in total. The molecule has 1 aromatic rings. The van der Waals surface area contributed by atoms with Crippen LogP contribution < -0.4 is 5.32 Å². The number of halogens is 2. The standard InChI is InChI=1S/C14H19BrFNO2/c1-5-19-13(18)14(4,17-9(2)3)10-6-7-12(16)11(15)8-10/h6-9,17H,5H2,1-4H3. The summed E-state index contributed by atoms with van der Waals surface area (Å²) < 4.78 is 18.8. The number of esters is 1. The van der Waals surface area contributed by atoms with Gasteiger partial charge in [0.1, 0.15) is 11.4 Å². The van der Waals surface area contributed by atoms with Crippen LogP contribution in [-0.4, -0.2) is 18.6 Å². The van der Waals surface area contributed by atoms with E-state index in [2.05, 4.69) is 21.2 Å². The van der Waals surface area contributed by atoms with Gasteiger partial charge in [0.25, 0.3) is 0 Å². The molecule has 0 radical (unpaired) electrons. The minimum absolute atomic E-state index is 0.0817. The zero-order valence-electron chi connectivity index (χ0n) is 11.6. The first-order valence-corrected chi connectivity index (χ1v) is 7.01. The second kappa shape index (κ2) is 6.48. The van der Waals surface area contributed by atoms with E-state index in [1.165, 1.54) is 6.07 Å². The van der Waals surface area contributed by atoms with Crippen molar-refractivity contribution in [1.29, 1.82) is 0 Å². The first-order chi connectivity index (χ1) is 8.81. The summed E-state index contributed by atoms with van der Waals surface area (Å²) in [7, 11) is 0. The first-order valence-electron chi connectivity index (χ1n) is 6.21. The van der Waals surface area contributed by atoms with Crippen molar-refractivity contribution in [3.05, 3.63) is 34.1 Å². The highest BCUT2D eigenvalue weighted by atomic mass is 79.9. The molecule has 0 aliphatic carbocycles. The molecule has 0 fully saturated rings. The fourth-order valence-corrected chi connectivity index (χ4v) is 2.30. The van der Waals surface area contributed by atoms with Crippen molar-refractivity contribution in [3.8, 4) is 0 Å². The fraction of sp³-hybridized carbons (Fsp3) is 0.500. The molecule has 1 unspecified atom stereocenters. The van der Waals surface area contributed by atoms with Gasteiger partial charge in [-0.05, 0) is 61.3 Å². The maximum absolute atomic E-state index is 13.3. The maximum Gasteiger partial charge on any atom is 0.330 e. The molecule has 0 amide bonds. The third-order valence-corrected chi connectivity index (χ3v) is 3.37. The monoisotopic (exact) mass is 331 g/mol. The van der Waals surface area contributed by atoms with Crippen LogP contribution in [0, 0.1) is 5.82 Å². The Bertz CT molecular complexity index is 465. The number of nitrogens with one attached hydrogen (secondary N) is 1. The molecule has 19 heavy (non-hydrogen) atoms. The lowest BCUT2D eigenvalue weighted by atomic mass is 9.91. The summed E-state index contributed by atoms with van der Waals surface area (Å²) in [5, 5.41) is 3.19. The molecular formula is C14H19BrFNO2. The molecular weight excluding hydrogens is 313 g/mol. The lowest BCUT2D eigenvalue weighted by Crippen LogP contribution is -2.50. The van der Waals surface area contributed by atoms with Crippen molar-refractivity contribution in [2.24, 2.45) is 0 Å². The average Bonchev–Trinajstić information content (AvgIpc) is 2.31. The zero-order valence-corrected chi connectivity index (χ0v) is 13.2. The Hall–Kier alpha value is -0.940. The van der Waals surface area contributed by atoms with E-state index in [9.17, 15) is 9.18 Å². The third-order valence-electron chi connectivity index (χ3n) is 2.76. The Labute approximate surface area is 121 Å². The van der Waals surface area contributed by atoms with Gasteiger partial charge in [-0.25, -0.2) is 9.18 Å². The van der Waals surface area contributed by atoms with E-state index < -0.39 is 5.54 Å². The van der Waals surface area contributed by atoms with Crippen molar-refractivity contribution in [2.45, 2.75) is 39.3 Å². The van der Waals surface area contributed by atoms with Crippen molar-refractivity contribution >= 4 is 21.9 Å². The predicted octanol–water partition coefficient (Wildman–Crippen LogP) is 3.36. The SMILES string of the molecule is CCOC(=O)C(C)(NC(C)C)c1ccc(F)c(Br)c1. The van der Waals surface area contributed by atoms with E-state index in [-0.39, 0.29) is 17.8 Å². The van der Waals surface area contributed by atoms with Crippen LogP contribution >= 0.6 is 15.9 Å². The topological polar surface area (TPSA) is 38.3 Å². The van der Waals surface area contributed by atoms with E-state index in [4.69, 9.17) is 4.74 Å². The van der Waals surface area contributed by atoms with Crippen LogP contribution in [0.15, 0.2) is 22.7 Å². The van der Waals surface area contributed by atoms with Gasteiger partial charge >= 0.3 is 5.97 Å². The summed E-state index contributed by atoms with van der Waals surface area (Å²) in [6.07, 6.45) is 0. The van der Waals surface area contributed by atoms with Gasteiger partial charge in [-0.1, -0.05) is 6.07 Å². The van der Waals surface area contributed by atoms with Gasteiger partial charge in [-0.15, -0.1) is 0 Å². The van der Waals surface area contributed by atoms with Crippen molar-refractivity contribution in [1.82, 2.24) is 5.32 Å². The lowest BCUT2D eigenvalue weighted by molar-refractivity contribution is -0.151. The second-order valence-corrected chi connectivity index (χ2v) is 5.63. The van der Waals surface area contributed by atoms with Gasteiger partial charge in [0.2, 0.25) is 0 Å². The molecule has 3 nitrogen and oxygen atoms in total. The zero-order chi connectivity index (χ0) is 14.6. The van der Waals surface area contributed by atoms with E-state index in [0.717, 1.165) is 0 Å². The van der Waals surface area contributed by atoms with E-state index in [1.807, 2.05) is 13.8 Å². The number of carbonyl (C=O) groups excluding carboxylic acids is 1. The van der Waals surface area contributed by atoms with Gasteiger partial charge in [0.05, 0.1) is 11.1 Å². The summed E-state index contributed by atoms with van der Waals surface area (Å²) in [6.45, 7) is 7.68. The molecule has 5 heteroatoms. The van der Waals surface area contributed by atoms with Crippen molar-refractivity contribution in [3.63, 3.8) is 0 Å². The van der Waals surface area contributed by atoms with Gasteiger partial charge in [-0.3, -0.25) is 5.32 Å². The number of hydrogen-bond acceptors (Lipinski definition) is 3. The molecule has 0 saturated heterocycles. The lowest BCUT2D eigenvalue weighted by Gasteiger charge is -2.31.